The topological polar surface area (TPSA) is 53.8 Å². The lowest BCUT2D eigenvalue weighted by Gasteiger charge is -2.42. The largest absolute Gasteiger partial charge is 0.379 e. The van der Waals surface area contributed by atoms with Gasteiger partial charge in [-0.3, -0.25) is 14.4 Å². The molecule has 0 N–H and O–H groups in total. The van der Waals surface area contributed by atoms with Crippen LogP contribution in [0.15, 0.2) is 12.3 Å². The summed E-state index contributed by atoms with van der Waals surface area (Å²) in [6, 6.07) is 1.80. The van der Waals surface area contributed by atoms with Gasteiger partial charge < -0.3 is 14.5 Å². The van der Waals surface area contributed by atoms with E-state index in [0.717, 1.165) is 65.3 Å². The number of rotatable bonds is 4. The third-order valence-electron chi connectivity index (χ3n) is 5.53. The van der Waals surface area contributed by atoms with E-state index in [1.807, 2.05) is 11.9 Å². The highest BCUT2D eigenvalue weighted by Gasteiger charge is 2.39. The first-order chi connectivity index (χ1) is 12.0. The number of amides is 1. The number of hydrogen-bond donors (Lipinski definition) is 0. The van der Waals surface area contributed by atoms with E-state index in [1.165, 1.54) is 0 Å². The minimum absolute atomic E-state index is 0.0915. The van der Waals surface area contributed by atoms with E-state index >= 15 is 0 Å². The number of piperidine rings is 1. The van der Waals surface area contributed by atoms with Crippen molar-refractivity contribution in [3.63, 3.8) is 0 Å². The van der Waals surface area contributed by atoms with Gasteiger partial charge in [-0.25, -0.2) is 0 Å². The maximum absolute atomic E-state index is 12.7. The van der Waals surface area contributed by atoms with Crippen LogP contribution < -0.4 is 0 Å². The second kappa shape index (κ2) is 7.85. The van der Waals surface area contributed by atoms with E-state index in [9.17, 15) is 4.79 Å². The molecule has 2 aliphatic rings. The molecule has 2 fully saturated rings. The molecule has 1 aromatic rings. The van der Waals surface area contributed by atoms with Crippen LogP contribution in [-0.4, -0.2) is 97.0 Å². The van der Waals surface area contributed by atoms with Gasteiger partial charge in [0.15, 0.2) is 0 Å². The lowest BCUT2D eigenvalue weighted by Crippen LogP contribution is -2.49. The van der Waals surface area contributed by atoms with Gasteiger partial charge >= 0.3 is 0 Å². The Morgan fingerprint density at radius 3 is 2.72 bits per heavy atom. The van der Waals surface area contributed by atoms with Crippen LogP contribution in [0.2, 0.25) is 0 Å². The second-order valence-corrected chi connectivity index (χ2v) is 7.76. The Labute approximate surface area is 150 Å². The molecule has 2 saturated heterocycles. The molecule has 0 atom stereocenters. The van der Waals surface area contributed by atoms with E-state index in [1.54, 1.807) is 16.9 Å². The van der Waals surface area contributed by atoms with Crippen LogP contribution in [0.1, 0.15) is 23.3 Å². The Bertz CT molecular complexity index is 578. The van der Waals surface area contributed by atoms with Gasteiger partial charge in [-0.2, -0.15) is 5.10 Å². The number of likely N-dealkylation sites (tertiary alicyclic amines) is 1. The molecule has 7 heteroatoms. The monoisotopic (exact) mass is 349 g/mol. The van der Waals surface area contributed by atoms with Gasteiger partial charge in [0, 0.05) is 57.9 Å². The molecule has 25 heavy (non-hydrogen) atoms. The summed E-state index contributed by atoms with van der Waals surface area (Å²) in [5.74, 6) is 0.0915. The number of hydrogen-bond acceptors (Lipinski definition) is 5. The number of likely N-dealkylation sites (N-methyl/N-ethyl adjacent to an activating group) is 1. The summed E-state index contributed by atoms with van der Waals surface area (Å²) in [6.07, 6.45) is 3.70. The molecule has 0 saturated carbocycles. The zero-order chi connectivity index (χ0) is 17.9. The van der Waals surface area contributed by atoms with E-state index in [4.69, 9.17) is 4.74 Å². The molecule has 1 amide bonds. The normalized spacial score (nSPS) is 21.7. The Kier molecular flexibility index (Phi) is 5.76. The van der Waals surface area contributed by atoms with Crippen LogP contribution in [0.3, 0.4) is 0 Å². The van der Waals surface area contributed by atoms with Gasteiger partial charge in [0.05, 0.1) is 13.2 Å². The molecule has 1 aromatic heterocycles. The molecule has 0 unspecified atom stereocenters. The van der Waals surface area contributed by atoms with Crippen LogP contribution in [0.25, 0.3) is 0 Å². The fourth-order valence-corrected chi connectivity index (χ4v) is 3.85. The van der Waals surface area contributed by atoms with Gasteiger partial charge in [0.25, 0.3) is 5.91 Å². The highest BCUT2D eigenvalue weighted by Crippen LogP contribution is 2.34. The zero-order valence-electron chi connectivity index (χ0n) is 15.8. The summed E-state index contributed by atoms with van der Waals surface area (Å²) in [4.78, 5) is 19.4. The van der Waals surface area contributed by atoms with Gasteiger partial charge in [-0.1, -0.05) is 0 Å². The molecular formula is C18H31N5O2. The lowest BCUT2D eigenvalue weighted by atomic mass is 9.78. The summed E-state index contributed by atoms with van der Waals surface area (Å²) in [7, 11) is 6.06. The predicted octanol–water partition coefficient (Wildman–Crippen LogP) is 0.536. The van der Waals surface area contributed by atoms with E-state index in [0.29, 0.717) is 5.69 Å². The number of aromatic nitrogens is 2. The van der Waals surface area contributed by atoms with Crippen LogP contribution in [0.4, 0.5) is 0 Å². The quantitative estimate of drug-likeness (QED) is 0.794. The van der Waals surface area contributed by atoms with Crippen molar-refractivity contribution in [3.8, 4) is 0 Å². The number of ether oxygens (including phenoxy) is 1. The highest BCUT2D eigenvalue weighted by molar-refractivity contribution is 5.92. The van der Waals surface area contributed by atoms with Gasteiger partial charge in [0.2, 0.25) is 0 Å². The fraction of sp³-hybridized carbons (Fsp3) is 0.778. The minimum Gasteiger partial charge on any atom is -0.379 e. The Morgan fingerprint density at radius 1 is 1.32 bits per heavy atom. The predicted molar refractivity (Wildman–Crippen MR) is 96.6 cm³/mol. The van der Waals surface area contributed by atoms with Crippen molar-refractivity contribution in [1.82, 2.24) is 24.5 Å². The molecule has 0 aromatic carbocycles. The molecule has 2 aliphatic heterocycles. The molecule has 1 spiro atoms. The SMILES string of the molecule is CN(C)CCN1CCOCC2(CCN(C(=O)c3ccnn3C)CC2)C1. The van der Waals surface area contributed by atoms with Crippen LogP contribution in [-0.2, 0) is 11.8 Å². The van der Waals surface area contributed by atoms with Crippen LogP contribution in [0, 0.1) is 5.41 Å². The van der Waals surface area contributed by atoms with Crippen LogP contribution >= 0.6 is 0 Å². The van der Waals surface area contributed by atoms with Crippen molar-refractivity contribution < 1.29 is 9.53 Å². The van der Waals surface area contributed by atoms with E-state index < -0.39 is 0 Å². The third kappa shape index (κ3) is 4.40. The van der Waals surface area contributed by atoms with Gasteiger partial charge in [-0.15, -0.1) is 0 Å². The van der Waals surface area contributed by atoms with E-state index in [-0.39, 0.29) is 11.3 Å². The molecule has 7 nitrogen and oxygen atoms in total. The number of nitrogens with zero attached hydrogens (tertiary/aromatic N) is 5. The maximum Gasteiger partial charge on any atom is 0.272 e. The molecule has 3 rings (SSSR count). The summed E-state index contributed by atoms with van der Waals surface area (Å²) >= 11 is 0. The average molecular weight is 349 g/mol. The Hall–Kier alpha value is -1.44. The van der Waals surface area contributed by atoms with Crippen LogP contribution in [0.5, 0.6) is 0 Å². The Morgan fingerprint density at radius 2 is 2.08 bits per heavy atom. The molecule has 3 heterocycles. The summed E-state index contributed by atoms with van der Waals surface area (Å²) < 4.78 is 7.60. The fourth-order valence-electron chi connectivity index (χ4n) is 3.85. The zero-order valence-corrected chi connectivity index (χ0v) is 15.8. The smallest absolute Gasteiger partial charge is 0.272 e. The lowest BCUT2D eigenvalue weighted by molar-refractivity contribution is 0.0143. The minimum atomic E-state index is 0.0915. The van der Waals surface area contributed by atoms with Crippen molar-refractivity contribution in [2.75, 3.05) is 66.6 Å². The molecule has 0 bridgehead atoms. The highest BCUT2D eigenvalue weighted by atomic mass is 16.5. The van der Waals surface area contributed by atoms with Crippen molar-refractivity contribution in [1.29, 1.82) is 0 Å². The van der Waals surface area contributed by atoms with Crippen molar-refractivity contribution in [2.24, 2.45) is 12.5 Å². The first-order valence-corrected chi connectivity index (χ1v) is 9.21. The molecule has 140 valence electrons. The first kappa shape index (κ1) is 18.4. The Balaban J connectivity index is 1.59. The molecule has 0 aliphatic carbocycles. The summed E-state index contributed by atoms with van der Waals surface area (Å²) in [5, 5.41) is 4.11. The van der Waals surface area contributed by atoms with Crippen molar-refractivity contribution in [2.45, 2.75) is 12.8 Å². The molecule has 0 radical (unpaired) electrons. The summed E-state index contributed by atoms with van der Waals surface area (Å²) in [5.41, 5.74) is 0.854. The number of aryl methyl sites for hydroxylation is 1. The van der Waals surface area contributed by atoms with Gasteiger partial charge in [-0.05, 0) is 33.0 Å². The average Bonchev–Trinajstić information content (AvgIpc) is 2.92. The molecular weight excluding hydrogens is 318 g/mol. The number of carbonyl (C=O) groups is 1. The van der Waals surface area contributed by atoms with Gasteiger partial charge in [0.1, 0.15) is 5.69 Å². The standard InChI is InChI=1S/C18H31N5O2/c1-20(2)10-11-22-12-13-25-15-18(14-22)5-8-23(9-6-18)17(24)16-4-7-19-21(16)3/h4,7H,5-6,8-15H2,1-3H3. The second-order valence-electron chi connectivity index (χ2n) is 7.76. The first-order valence-electron chi connectivity index (χ1n) is 9.21. The van der Waals surface area contributed by atoms with Crippen molar-refractivity contribution >= 4 is 5.91 Å². The third-order valence-corrected chi connectivity index (χ3v) is 5.53. The van der Waals surface area contributed by atoms with E-state index in [2.05, 4.69) is 29.0 Å². The van der Waals surface area contributed by atoms with Crippen molar-refractivity contribution in [3.05, 3.63) is 18.0 Å². The number of carbonyl (C=O) groups excluding carboxylic acids is 1. The maximum atomic E-state index is 12.7. The summed E-state index contributed by atoms with van der Waals surface area (Å²) in [6.45, 7) is 7.47.